The fourth-order valence-corrected chi connectivity index (χ4v) is 10.6. The molecule has 3 unspecified atom stereocenters. The predicted molar refractivity (Wildman–Crippen MR) is 383 cm³/mol. The fourth-order valence-electron chi connectivity index (χ4n) is 10.6. The SMILES string of the molecule is CCCCCCCCCCCCCCCCCCC(O)C(=O)[O-].CCCCCCCCCCCCCCCCCCC(O)C(=O)[O-].CCCCCCCCCCCCCCCCCCC(O)C(=O)[O-].O=C([O-])C=Cc1c[nH]cn1.O=C([O-])C=Cc1c[nH]cn1.O=C([O-])C=Cc1c[nH]cn1.[Mo+6]. The Labute approximate surface area is 615 Å². The zero-order valence-corrected chi connectivity index (χ0v) is 63.7. The molecule has 21 nitrogen and oxygen atoms in total. The van der Waals surface area contributed by atoms with Crippen molar-refractivity contribution >= 4 is 54.0 Å². The van der Waals surface area contributed by atoms with Crippen LogP contribution in [0.15, 0.2) is 55.8 Å². The van der Waals surface area contributed by atoms with Crippen LogP contribution < -0.4 is 30.6 Å². The molecule has 3 heterocycles. The van der Waals surface area contributed by atoms with Gasteiger partial charge in [-0.3, -0.25) is 0 Å². The number of nitrogens with zero attached hydrogens (tertiary/aromatic N) is 3. The van der Waals surface area contributed by atoms with E-state index in [-0.39, 0.29) is 21.1 Å². The van der Waals surface area contributed by atoms with Crippen molar-refractivity contribution in [2.75, 3.05) is 0 Å². The number of unbranched alkanes of at least 4 members (excludes halogenated alkanes) is 45. The van der Waals surface area contributed by atoms with Gasteiger partial charge in [-0.1, -0.05) is 329 Å². The predicted octanol–water partition coefficient (Wildman–Crippen LogP) is 11.8. The number of H-pyrrole nitrogens is 3. The van der Waals surface area contributed by atoms with Gasteiger partial charge in [-0.05, 0) is 55.7 Å². The van der Waals surface area contributed by atoms with E-state index in [2.05, 4.69) is 50.7 Å². The molecule has 0 amide bonds. The van der Waals surface area contributed by atoms with Crippen LogP contribution in [-0.2, 0) is 49.8 Å². The van der Waals surface area contributed by atoms with Crippen molar-refractivity contribution in [1.29, 1.82) is 0 Å². The number of aromatic nitrogens is 6. The topological polar surface area (TPSA) is 388 Å². The molecule has 0 saturated carbocycles. The minimum absolute atomic E-state index is 0. The summed E-state index contributed by atoms with van der Waals surface area (Å²) in [6.45, 7) is 6.80. The van der Waals surface area contributed by atoms with Gasteiger partial charge in [-0.25, -0.2) is 15.0 Å². The molecule has 0 aliphatic heterocycles. The minimum atomic E-state index is -1.34. The van der Waals surface area contributed by atoms with Crippen LogP contribution in [0.4, 0.5) is 0 Å². The monoisotopic (exact) mass is 1490 g/mol. The summed E-state index contributed by atoms with van der Waals surface area (Å²) in [7, 11) is 0. The first-order valence-corrected chi connectivity index (χ1v) is 38.2. The van der Waals surface area contributed by atoms with E-state index >= 15 is 0 Å². The van der Waals surface area contributed by atoms with Gasteiger partial charge in [0.1, 0.15) is 0 Å². The summed E-state index contributed by atoms with van der Waals surface area (Å²) in [5.41, 5.74) is 1.72. The Bertz CT molecular complexity index is 2070. The zero-order chi connectivity index (χ0) is 73.7. The molecule has 0 spiro atoms. The van der Waals surface area contributed by atoms with Crippen LogP contribution in [0.25, 0.3) is 18.2 Å². The van der Waals surface area contributed by atoms with Crippen LogP contribution in [0.5, 0.6) is 0 Å². The third-order valence-corrected chi connectivity index (χ3v) is 16.5. The molecule has 100 heavy (non-hydrogen) atoms. The van der Waals surface area contributed by atoms with Gasteiger partial charge < -0.3 is 89.7 Å². The van der Waals surface area contributed by atoms with Crippen molar-refractivity contribution < 1.29 is 95.8 Å². The Kier molecular flexibility index (Phi) is 81.0. The number of hydrogen-bond donors (Lipinski definition) is 6. The quantitative estimate of drug-likeness (QED) is 0.0174. The zero-order valence-electron chi connectivity index (χ0n) is 61.7. The summed E-state index contributed by atoms with van der Waals surface area (Å²) in [4.78, 5) is 79.9. The average molecular weight is 1490 g/mol. The largest absolute Gasteiger partial charge is 6.00 e. The number of carbonyl (C=O) groups is 6. The molecule has 3 aromatic rings. The van der Waals surface area contributed by atoms with Gasteiger partial charge in [-0.15, -0.1) is 0 Å². The molecule has 3 rings (SSSR count). The molecule has 0 aromatic carbocycles. The minimum Gasteiger partial charge on any atom is -0.547 e. The van der Waals surface area contributed by atoms with Gasteiger partial charge in [-0.2, -0.15) is 0 Å². The Hall–Kier alpha value is -5.76. The molecule has 0 aliphatic rings. The van der Waals surface area contributed by atoms with Crippen molar-refractivity contribution in [2.24, 2.45) is 0 Å². The van der Waals surface area contributed by atoms with Crippen LogP contribution >= 0.6 is 0 Å². The summed E-state index contributed by atoms with van der Waals surface area (Å²) in [5.74, 6) is -7.68. The third-order valence-electron chi connectivity index (χ3n) is 16.5. The van der Waals surface area contributed by atoms with Crippen molar-refractivity contribution in [3.8, 4) is 0 Å². The number of carbonyl (C=O) groups excluding carboxylic acids is 6. The summed E-state index contributed by atoms with van der Waals surface area (Å²) in [6, 6.07) is 0. The number of aliphatic carboxylic acids is 6. The molecule has 0 fully saturated rings. The number of aliphatic hydroxyl groups excluding tert-OH is 3. The number of rotatable bonds is 60. The maximum absolute atomic E-state index is 10.3. The van der Waals surface area contributed by atoms with Gasteiger partial charge >= 0.3 is 21.1 Å². The van der Waals surface area contributed by atoms with Gasteiger partial charge in [0.05, 0.1) is 90.2 Å². The Morgan fingerprint density at radius 3 is 0.570 bits per heavy atom. The van der Waals surface area contributed by atoms with Crippen molar-refractivity contribution in [1.82, 2.24) is 29.9 Å². The second-order valence-corrected chi connectivity index (χ2v) is 25.7. The fraction of sp³-hybridized carbons (Fsp3) is 0.731. The van der Waals surface area contributed by atoms with Gasteiger partial charge in [0.2, 0.25) is 0 Å². The molecule has 0 aliphatic carbocycles. The van der Waals surface area contributed by atoms with Crippen LogP contribution in [0, 0.1) is 0 Å². The number of aromatic amines is 3. The summed E-state index contributed by atoms with van der Waals surface area (Å²) >= 11 is 0. The Morgan fingerprint density at radius 2 is 0.450 bits per heavy atom. The average Bonchev–Trinajstić information content (AvgIpc) is 2.71. The first kappa shape index (κ1) is 101. The standard InChI is InChI=1S/3C20H40O3.3C6H6N2O2.Mo/c3*1-2-3-4-5-6-7-8-9-10-11-12-13-14-15-16-17-18-19(21)20(22)23;3*9-6(10)2-1-5-3-7-4-8-5;/h3*19,21H,2-18H2,1H3,(H,22,23);3*1-4H,(H,7,8)(H,9,10);/q;;;;;;+6/p-6. The van der Waals surface area contributed by atoms with E-state index in [1.165, 1.54) is 288 Å². The summed E-state index contributed by atoms with van der Waals surface area (Å²) < 4.78 is 0. The molecular formula is C78H132MoN6O15. The third kappa shape index (κ3) is 82.9. The number of nitrogens with one attached hydrogen (secondary N) is 3. The number of hydrogen-bond acceptors (Lipinski definition) is 18. The molecule has 22 heteroatoms. The normalized spacial score (nSPS) is 11.7. The molecule has 3 atom stereocenters. The van der Waals surface area contributed by atoms with Crippen LogP contribution in [0.2, 0.25) is 0 Å². The molecule has 0 saturated heterocycles. The number of carboxylic acid groups (broad SMARTS) is 6. The number of imidazole rings is 3. The molecule has 6 N–H and O–H groups in total. The van der Waals surface area contributed by atoms with Gasteiger partial charge in [0, 0.05) is 18.6 Å². The van der Waals surface area contributed by atoms with Crippen molar-refractivity contribution in [3.63, 3.8) is 0 Å². The van der Waals surface area contributed by atoms with E-state index < -0.39 is 54.1 Å². The van der Waals surface area contributed by atoms with Gasteiger partial charge in [0.15, 0.2) is 0 Å². The van der Waals surface area contributed by atoms with Gasteiger partial charge in [0.25, 0.3) is 0 Å². The molecule has 0 bridgehead atoms. The second-order valence-electron chi connectivity index (χ2n) is 25.7. The molecule has 3 aromatic heterocycles. The van der Waals surface area contributed by atoms with E-state index in [1.54, 1.807) is 18.6 Å². The van der Waals surface area contributed by atoms with E-state index in [0.29, 0.717) is 36.3 Å². The van der Waals surface area contributed by atoms with Crippen LogP contribution in [0.3, 0.4) is 0 Å². The first-order chi connectivity index (χ1) is 47.9. The summed E-state index contributed by atoms with van der Waals surface area (Å²) in [6.07, 6.45) is 75.5. The second kappa shape index (κ2) is 80.5. The molecule has 0 radical (unpaired) electrons. The van der Waals surface area contributed by atoms with Crippen molar-refractivity contribution in [2.45, 2.75) is 367 Å². The smallest absolute Gasteiger partial charge is 0.547 e. The number of aliphatic hydroxyl groups is 3. The maximum atomic E-state index is 10.3. The molecule has 570 valence electrons. The van der Waals surface area contributed by atoms with Crippen molar-refractivity contribution in [3.05, 3.63) is 72.9 Å². The Balaban J connectivity index is -0.000000571. The Morgan fingerprint density at radius 1 is 0.300 bits per heavy atom. The van der Waals surface area contributed by atoms with E-state index in [4.69, 9.17) is 15.3 Å². The van der Waals surface area contributed by atoms with E-state index in [0.717, 1.165) is 76.0 Å². The number of carboxylic acids is 6. The van der Waals surface area contributed by atoms with Crippen LogP contribution in [-0.4, -0.2) is 99.4 Å². The maximum Gasteiger partial charge on any atom is 6.00 e. The summed E-state index contributed by atoms with van der Waals surface area (Å²) in [5, 5.41) is 87.8. The van der Waals surface area contributed by atoms with E-state index in [1.807, 2.05) is 0 Å². The first-order valence-electron chi connectivity index (χ1n) is 38.2. The van der Waals surface area contributed by atoms with E-state index in [9.17, 15) is 59.4 Å². The molecular weight excluding hydrogens is 1360 g/mol. The van der Waals surface area contributed by atoms with Crippen LogP contribution in [0.1, 0.15) is 365 Å².